The molecule has 1 saturated heterocycles. The standard InChI is InChI=1S/C20H25BrN2O4S2/c1-16(2)15-17-3-7-19(8-4-17)28(24,25)22-11-13-23(14-12-22)29(26,27)20-9-5-18(21)6-10-20/h3-10,16H,11-15H2,1-2H3. The Morgan fingerprint density at radius 2 is 1.14 bits per heavy atom. The van der Waals surface area contributed by atoms with Crippen LogP contribution in [-0.2, 0) is 26.5 Å². The molecule has 3 rings (SSSR count). The Morgan fingerprint density at radius 3 is 1.52 bits per heavy atom. The number of hydrogen-bond acceptors (Lipinski definition) is 4. The molecule has 0 atom stereocenters. The van der Waals surface area contributed by atoms with E-state index in [0.29, 0.717) is 5.92 Å². The first-order valence-corrected chi connectivity index (χ1v) is 13.1. The maximum Gasteiger partial charge on any atom is 0.243 e. The summed E-state index contributed by atoms with van der Waals surface area (Å²) < 4.78 is 55.0. The zero-order chi connectivity index (χ0) is 21.2. The Labute approximate surface area is 181 Å². The van der Waals surface area contributed by atoms with Gasteiger partial charge in [-0.2, -0.15) is 8.61 Å². The molecule has 0 aliphatic carbocycles. The molecule has 29 heavy (non-hydrogen) atoms. The van der Waals surface area contributed by atoms with Crippen LogP contribution in [0.25, 0.3) is 0 Å². The van der Waals surface area contributed by atoms with Gasteiger partial charge < -0.3 is 0 Å². The van der Waals surface area contributed by atoms with Gasteiger partial charge in [-0.3, -0.25) is 0 Å². The van der Waals surface area contributed by atoms with E-state index in [1.807, 2.05) is 12.1 Å². The zero-order valence-corrected chi connectivity index (χ0v) is 19.7. The van der Waals surface area contributed by atoms with Crippen molar-refractivity contribution in [3.8, 4) is 0 Å². The highest BCUT2D eigenvalue weighted by Crippen LogP contribution is 2.23. The third kappa shape index (κ3) is 5.08. The number of hydrogen-bond donors (Lipinski definition) is 0. The molecule has 9 heteroatoms. The fourth-order valence-electron chi connectivity index (χ4n) is 3.32. The van der Waals surface area contributed by atoms with Crippen molar-refractivity contribution in [3.05, 3.63) is 58.6 Å². The minimum absolute atomic E-state index is 0.128. The molecule has 1 aliphatic heterocycles. The van der Waals surface area contributed by atoms with Crippen LogP contribution in [0.1, 0.15) is 19.4 Å². The predicted octanol–water partition coefficient (Wildman–Crippen LogP) is 3.34. The van der Waals surface area contributed by atoms with Crippen LogP contribution in [0.3, 0.4) is 0 Å². The fourth-order valence-corrected chi connectivity index (χ4v) is 6.43. The molecular formula is C20H25BrN2O4S2. The van der Waals surface area contributed by atoms with Crippen molar-refractivity contribution in [1.29, 1.82) is 0 Å². The highest BCUT2D eigenvalue weighted by atomic mass is 79.9. The molecule has 0 N–H and O–H groups in total. The summed E-state index contributed by atoms with van der Waals surface area (Å²) in [6.07, 6.45) is 0.896. The zero-order valence-electron chi connectivity index (χ0n) is 16.5. The smallest absolute Gasteiger partial charge is 0.207 e. The first-order chi connectivity index (χ1) is 13.6. The highest BCUT2D eigenvalue weighted by Gasteiger charge is 2.33. The molecule has 1 fully saturated rings. The van der Waals surface area contributed by atoms with E-state index >= 15 is 0 Å². The lowest BCUT2D eigenvalue weighted by atomic mass is 10.0. The average Bonchev–Trinajstić information content (AvgIpc) is 2.68. The third-order valence-electron chi connectivity index (χ3n) is 4.85. The Bertz CT molecular complexity index is 1040. The number of rotatable bonds is 6. The minimum Gasteiger partial charge on any atom is -0.207 e. The number of nitrogens with zero attached hydrogens (tertiary/aromatic N) is 2. The summed E-state index contributed by atoms with van der Waals surface area (Å²) in [6.45, 7) is 4.75. The van der Waals surface area contributed by atoms with Crippen molar-refractivity contribution in [1.82, 2.24) is 8.61 Å². The van der Waals surface area contributed by atoms with Gasteiger partial charge in [0.2, 0.25) is 20.0 Å². The van der Waals surface area contributed by atoms with Crippen molar-refractivity contribution in [3.63, 3.8) is 0 Å². The number of halogens is 1. The van der Waals surface area contributed by atoms with Gasteiger partial charge in [0.05, 0.1) is 9.79 Å². The first kappa shape index (κ1) is 22.4. The van der Waals surface area contributed by atoms with E-state index in [9.17, 15) is 16.8 Å². The van der Waals surface area contributed by atoms with Crippen LogP contribution in [0, 0.1) is 5.92 Å². The van der Waals surface area contributed by atoms with Crippen molar-refractivity contribution in [2.75, 3.05) is 26.2 Å². The number of piperazine rings is 1. The maximum absolute atomic E-state index is 12.9. The van der Waals surface area contributed by atoms with Gasteiger partial charge in [-0.05, 0) is 54.3 Å². The van der Waals surface area contributed by atoms with Gasteiger partial charge in [-0.15, -0.1) is 0 Å². The van der Waals surface area contributed by atoms with Crippen LogP contribution in [0.15, 0.2) is 62.8 Å². The van der Waals surface area contributed by atoms with Crippen molar-refractivity contribution >= 4 is 36.0 Å². The number of benzene rings is 2. The Hall–Kier alpha value is -1.26. The highest BCUT2D eigenvalue weighted by molar-refractivity contribution is 9.10. The Morgan fingerprint density at radius 1 is 0.759 bits per heavy atom. The van der Waals surface area contributed by atoms with E-state index in [-0.39, 0.29) is 36.0 Å². The van der Waals surface area contributed by atoms with Gasteiger partial charge in [0.1, 0.15) is 0 Å². The summed E-state index contributed by atoms with van der Waals surface area (Å²) in [5, 5.41) is 0. The quantitative estimate of drug-likeness (QED) is 0.609. The van der Waals surface area contributed by atoms with Crippen LogP contribution in [0.4, 0.5) is 0 Å². The van der Waals surface area contributed by atoms with Gasteiger partial charge in [-0.1, -0.05) is 41.9 Å². The maximum atomic E-state index is 12.9. The van der Waals surface area contributed by atoms with Crippen LogP contribution in [-0.4, -0.2) is 51.6 Å². The van der Waals surface area contributed by atoms with Crippen LogP contribution < -0.4 is 0 Å². The van der Waals surface area contributed by atoms with Gasteiger partial charge >= 0.3 is 0 Å². The van der Waals surface area contributed by atoms with Crippen LogP contribution in [0.2, 0.25) is 0 Å². The Kier molecular flexibility index (Phi) is 6.84. The molecule has 0 saturated carbocycles. The molecule has 0 aromatic heterocycles. The van der Waals surface area contributed by atoms with Crippen molar-refractivity contribution in [2.24, 2.45) is 5.92 Å². The second-order valence-electron chi connectivity index (χ2n) is 7.50. The monoisotopic (exact) mass is 500 g/mol. The molecule has 158 valence electrons. The van der Waals surface area contributed by atoms with Crippen molar-refractivity contribution in [2.45, 2.75) is 30.1 Å². The van der Waals surface area contributed by atoms with E-state index in [4.69, 9.17) is 0 Å². The van der Waals surface area contributed by atoms with E-state index in [1.165, 1.54) is 8.61 Å². The first-order valence-electron chi connectivity index (χ1n) is 9.45. The van der Waals surface area contributed by atoms with E-state index < -0.39 is 20.0 Å². The van der Waals surface area contributed by atoms with E-state index in [0.717, 1.165) is 16.5 Å². The molecule has 0 spiro atoms. The Balaban J connectivity index is 1.70. The van der Waals surface area contributed by atoms with Crippen LogP contribution in [0.5, 0.6) is 0 Å². The second-order valence-corrected chi connectivity index (χ2v) is 12.3. The average molecular weight is 501 g/mol. The molecular weight excluding hydrogens is 476 g/mol. The summed E-state index contributed by atoms with van der Waals surface area (Å²) in [5.74, 6) is 0.498. The lowest BCUT2D eigenvalue weighted by molar-refractivity contribution is 0.273. The second kappa shape index (κ2) is 8.85. The molecule has 0 amide bonds. The van der Waals surface area contributed by atoms with Gasteiger partial charge in [-0.25, -0.2) is 16.8 Å². The van der Waals surface area contributed by atoms with Gasteiger partial charge in [0.15, 0.2) is 0 Å². The summed E-state index contributed by atoms with van der Waals surface area (Å²) in [7, 11) is -7.28. The molecule has 1 heterocycles. The van der Waals surface area contributed by atoms with Gasteiger partial charge in [0.25, 0.3) is 0 Å². The number of sulfonamides is 2. The molecule has 2 aromatic rings. The summed E-state index contributed by atoms with van der Waals surface area (Å²) in [4.78, 5) is 0.451. The molecule has 1 aliphatic rings. The third-order valence-corrected chi connectivity index (χ3v) is 9.21. The molecule has 0 radical (unpaired) electrons. The fraction of sp³-hybridized carbons (Fsp3) is 0.400. The summed E-state index contributed by atoms with van der Waals surface area (Å²) in [6, 6.07) is 13.4. The lowest BCUT2D eigenvalue weighted by Crippen LogP contribution is -2.50. The largest absolute Gasteiger partial charge is 0.243 e. The summed E-state index contributed by atoms with van der Waals surface area (Å²) >= 11 is 3.29. The summed E-state index contributed by atoms with van der Waals surface area (Å²) in [5.41, 5.74) is 1.10. The topological polar surface area (TPSA) is 74.8 Å². The molecule has 6 nitrogen and oxygen atoms in total. The van der Waals surface area contributed by atoms with E-state index in [1.54, 1.807) is 36.4 Å². The van der Waals surface area contributed by atoms with Gasteiger partial charge in [0, 0.05) is 30.7 Å². The predicted molar refractivity (Wildman–Crippen MR) is 117 cm³/mol. The molecule has 0 unspecified atom stereocenters. The lowest BCUT2D eigenvalue weighted by Gasteiger charge is -2.33. The normalized spacial score (nSPS) is 17.0. The van der Waals surface area contributed by atoms with Crippen molar-refractivity contribution < 1.29 is 16.8 Å². The van der Waals surface area contributed by atoms with E-state index in [2.05, 4.69) is 29.8 Å². The molecule has 2 aromatic carbocycles. The SMILES string of the molecule is CC(C)Cc1ccc(S(=O)(=O)N2CCN(S(=O)(=O)c3ccc(Br)cc3)CC2)cc1. The van der Waals surface area contributed by atoms with Crippen LogP contribution >= 0.6 is 15.9 Å². The molecule has 0 bridgehead atoms. The minimum atomic E-state index is -3.64.